The molecule has 0 heterocycles. The second-order valence-corrected chi connectivity index (χ2v) is 3.89. The van der Waals surface area contributed by atoms with Crippen molar-refractivity contribution >= 4 is 5.97 Å². The maximum atomic E-state index is 10.9. The van der Waals surface area contributed by atoms with E-state index in [4.69, 9.17) is 0 Å². The van der Waals surface area contributed by atoms with Gasteiger partial charge in [0.05, 0.1) is 13.2 Å². The molecule has 0 aliphatic carbocycles. The first-order chi connectivity index (χ1) is 7.63. The van der Waals surface area contributed by atoms with Crippen LogP contribution in [0.15, 0.2) is 24.3 Å². The van der Waals surface area contributed by atoms with Gasteiger partial charge in [0, 0.05) is 6.42 Å². The molecule has 0 fully saturated rings. The van der Waals surface area contributed by atoms with Gasteiger partial charge in [0.1, 0.15) is 0 Å². The Hall–Kier alpha value is -1.35. The highest BCUT2D eigenvalue weighted by Gasteiger charge is 2.08. The zero-order valence-electron chi connectivity index (χ0n) is 9.77. The Balaban J connectivity index is 2.37. The summed E-state index contributed by atoms with van der Waals surface area (Å²) < 4.78 is 4.53. The molecule has 1 aromatic carbocycles. The van der Waals surface area contributed by atoms with E-state index in [0.29, 0.717) is 19.3 Å². The molecule has 1 atom stereocenters. The number of carbonyl (C=O) groups is 1. The van der Waals surface area contributed by atoms with Crippen LogP contribution in [-0.4, -0.2) is 18.2 Å². The van der Waals surface area contributed by atoms with Crippen LogP contribution in [-0.2, 0) is 9.53 Å². The molecular formula is C13H18O3. The molecule has 3 nitrogen and oxygen atoms in total. The third kappa shape index (κ3) is 4.03. The molecule has 3 heteroatoms. The van der Waals surface area contributed by atoms with Crippen molar-refractivity contribution in [2.75, 3.05) is 7.11 Å². The Kier molecular flexibility index (Phi) is 4.99. The maximum absolute atomic E-state index is 10.9. The van der Waals surface area contributed by atoms with Crippen molar-refractivity contribution in [3.8, 4) is 0 Å². The molecule has 0 bridgehead atoms. The Bertz CT molecular complexity index is 330. The standard InChI is InChI=1S/C13H18O3/c1-10-6-8-11(9-7-10)12(14)4-3-5-13(15)16-2/h6-9,12,14H,3-5H2,1-2H3. The van der Waals surface area contributed by atoms with Crippen molar-refractivity contribution in [2.45, 2.75) is 32.3 Å². The third-order valence-corrected chi connectivity index (χ3v) is 2.55. The SMILES string of the molecule is COC(=O)CCCC(O)c1ccc(C)cc1. The fraction of sp³-hybridized carbons (Fsp3) is 0.462. The Morgan fingerprint density at radius 1 is 1.38 bits per heavy atom. The summed E-state index contributed by atoms with van der Waals surface area (Å²) >= 11 is 0. The van der Waals surface area contributed by atoms with Gasteiger partial charge in [-0.05, 0) is 25.3 Å². The highest BCUT2D eigenvalue weighted by atomic mass is 16.5. The van der Waals surface area contributed by atoms with Crippen molar-refractivity contribution in [2.24, 2.45) is 0 Å². The van der Waals surface area contributed by atoms with Crippen molar-refractivity contribution < 1.29 is 14.6 Å². The first kappa shape index (κ1) is 12.7. The molecule has 0 spiro atoms. The Morgan fingerprint density at radius 3 is 2.56 bits per heavy atom. The predicted octanol–water partition coefficient (Wildman–Crippen LogP) is 2.37. The van der Waals surface area contributed by atoms with Gasteiger partial charge < -0.3 is 9.84 Å². The summed E-state index contributed by atoms with van der Waals surface area (Å²) in [7, 11) is 1.37. The van der Waals surface area contributed by atoms with Crippen LogP contribution in [0.4, 0.5) is 0 Å². The summed E-state index contributed by atoms with van der Waals surface area (Å²) in [6, 6.07) is 7.77. The molecule has 1 N–H and O–H groups in total. The molecule has 0 aromatic heterocycles. The van der Waals surface area contributed by atoms with E-state index in [1.807, 2.05) is 31.2 Å². The van der Waals surface area contributed by atoms with E-state index in [1.54, 1.807) is 0 Å². The van der Waals surface area contributed by atoms with Crippen molar-refractivity contribution in [1.82, 2.24) is 0 Å². The van der Waals surface area contributed by atoms with Crippen LogP contribution in [0.5, 0.6) is 0 Å². The lowest BCUT2D eigenvalue weighted by Gasteiger charge is -2.10. The number of aryl methyl sites for hydroxylation is 1. The first-order valence-electron chi connectivity index (χ1n) is 5.45. The highest BCUT2D eigenvalue weighted by Crippen LogP contribution is 2.19. The number of ether oxygens (including phenoxy) is 1. The van der Waals surface area contributed by atoms with Gasteiger partial charge in [-0.3, -0.25) is 4.79 Å². The van der Waals surface area contributed by atoms with E-state index in [9.17, 15) is 9.90 Å². The molecule has 1 rings (SSSR count). The average Bonchev–Trinajstić information content (AvgIpc) is 2.29. The van der Waals surface area contributed by atoms with Crippen LogP contribution in [0.1, 0.15) is 36.5 Å². The van der Waals surface area contributed by atoms with E-state index >= 15 is 0 Å². The quantitative estimate of drug-likeness (QED) is 0.778. The lowest BCUT2D eigenvalue weighted by molar-refractivity contribution is -0.140. The molecular weight excluding hydrogens is 204 g/mol. The summed E-state index contributed by atoms with van der Waals surface area (Å²) in [5.41, 5.74) is 2.07. The summed E-state index contributed by atoms with van der Waals surface area (Å²) in [5.74, 6) is -0.226. The number of methoxy groups -OCH3 is 1. The fourth-order valence-electron chi connectivity index (χ4n) is 1.50. The largest absolute Gasteiger partial charge is 0.469 e. The number of hydrogen-bond acceptors (Lipinski definition) is 3. The van der Waals surface area contributed by atoms with Gasteiger partial charge in [-0.1, -0.05) is 29.8 Å². The van der Waals surface area contributed by atoms with Gasteiger partial charge in [0.2, 0.25) is 0 Å². The van der Waals surface area contributed by atoms with Gasteiger partial charge in [0.15, 0.2) is 0 Å². The molecule has 0 aliphatic heterocycles. The van der Waals surface area contributed by atoms with Crippen molar-refractivity contribution in [1.29, 1.82) is 0 Å². The second-order valence-electron chi connectivity index (χ2n) is 3.89. The van der Waals surface area contributed by atoms with Gasteiger partial charge in [-0.15, -0.1) is 0 Å². The molecule has 88 valence electrons. The van der Waals surface area contributed by atoms with E-state index in [1.165, 1.54) is 12.7 Å². The minimum absolute atomic E-state index is 0.226. The molecule has 1 unspecified atom stereocenters. The van der Waals surface area contributed by atoms with Crippen LogP contribution in [0.3, 0.4) is 0 Å². The number of aliphatic hydroxyl groups excluding tert-OH is 1. The monoisotopic (exact) mass is 222 g/mol. The molecule has 0 saturated heterocycles. The number of rotatable bonds is 5. The molecule has 0 radical (unpaired) electrons. The minimum atomic E-state index is -0.495. The summed E-state index contributed by atoms with van der Waals surface area (Å²) in [4.78, 5) is 10.9. The second kappa shape index (κ2) is 6.28. The molecule has 1 aromatic rings. The highest BCUT2D eigenvalue weighted by molar-refractivity contribution is 5.68. The summed E-state index contributed by atoms with van der Waals surface area (Å²) in [5, 5.41) is 9.84. The topological polar surface area (TPSA) is 46.5 Å². The molecule has 0 saturated carbocycles. The molecule has 0 amide bonds. The Labute approximate surface area is 96.1 Å². The van der Waals surface area contributed by atoms with Crippen LogP contribution < -0.4 is 0 Å². The van der Waals surface area contributed by atoms with Gasteiger partial charge in [0.25, 0.3) is 0 Å². The third-order valence-electron chi connectivity index (χ3n) is 2.55. The van der Waals surface area contributed by atoms with E-state index < -0.39 is 6.10 Å². The van der Waals surface area contributed by atoms with Crippen molar-refractivity contribution in [3.63, 3.8) is 0 Å². The predicted molar refractivity (Wildman–Crippen MR) is 62.0 cm³/mol. The van der Waals surface area contributed by atoms with Crippen molar-refractivity contribution in [3.05, 3.63) is 35.4 Å². The zero-order chi connectivity index (χ0) is 12.0. The lowest BCUT2D eigenvalue weighted by Crippen LogP contribution is -2.02. The number of benzene rings is 1. The first-order valence-corrected chi connectivity index (χ1v) is 5.45. The zero-order valence-corrected chi connectivity index (χ0v) is 9.77. The van der Waals surface area contributed by atoms with Crippen LogP contribution in [0.25, 0.3) is 0 Å². The van der Waals surface area contributed by atoms with Crippen LogP contribution in [0.2, 0.25) is 0 Å². The van der Waals surface area contributed by atoms with E-state index in [-0.39, 0.29) is 5.97 Å². The van der Waals surface area contributed by atoms with E-state index in [2.05, 4.69) is 4.74 Å². The minimum Gasteiger partial charge on any atom is -0.469 e. The summed E-state index contributed by atoms with van der Waals surface area (Å²) in [6.45, 7) is 2.01. The van der Waals surface area contributed by atoms with Gasteiger partial charge in [-0.25, -0.2) is 0 Å². The average molecular weight is 222 g/mol. The normalized spacial score (nSPS) is 12.2. The number of hydrogen-bond donors (Lipinski definition) is 1. The molecule has 0 aliphatic rings. The Morgan fingerprint density at radius 2 is 2.00 bits per heavy atom. The summed E-state index contributed by atoms with van der Waals surface area (Å²) in [6.07, 6.45) is 1.09. The molecule has 16 heavy (non-hydrogen) atoms. The maximum Gasteiger partial charge on any atom is 0.305 e. The van der Waals surface area contributed by atoms with Gasteiger partial charge >= 0.3 is 5.97 Å². The van der Waals surface area contributed by atoms with E-state index in [0.717, 1.165) is 5.56 Å². The number of esters is 1. The number of carbonyl (C=O) groups excluding carboxylic acids is 1. The fourth-order valence-corrected chi connectivity index (χ4v) is 1.50. The van der Waals surface area contributed by atoms with Gasteiger partial charge in [-0.2, -0.15) is 0 Å². The lowest BCUT2D eigenvalue weighted by atomic mass is 10.0. The van der Waals surface area contributed by atoms with Crippen LogP contribution in [0, 0.1) is 6.92 Å². The smallest absolute Gasteiger partial charge is 0.305 e. The number of aliphatic hydroxyl groups is 1. The van der Waals surface area contributed by atoms with Crippen LogP contribution >= 0.6 is 0 Å².